The van der Waals surface area contributed by atoms with E-state index in [1.807, 2.05) is 56.3 Å². The van der Waals surface area contributed by atoms with Gasteiger partial charge in [0.2, 0.25) is 0 Å². The second-order valence-electron chi connectivity index (χ2n) is 4.75. The monoisotopic (exact) mass is 338 g/mol. The molecular formula is C16H16Cl2N2S. The van der Waals surface area contributed by atoms with E-state index in [9.17, 15) is 0 Å². The van der Waals surface area contributed by atoms with Crippen molar-refractivity contribution in [1.29, 1.82) is 0 Å². The smallest absolute Gasteiger partial charge is 0.171 e. The van der Waals surface area contributed by atoms with Crippen molar-refractivity contribution in [3.8, 4) is 0 Å². The van der Waals surface area contributed by atoms with E-state index < -0.39 is 0 Å². The highest BCUT2D eigenvalue weighted by atomic mass is 35.5. The molecule has 0 unspecified atom stereocenters. The van der Waals surface area contributed by atoms with E-state index in [-0.39, 0.29) is 6.04 Å². The highest BCUT2D eigenvalue weighted by Crippen LogP contribution is 2.24. The zero-order valence-corrected chi connectivity index (χ0v) is 14.1. The molecule has 0 saturated carbocycles. The van der Waals surface area contributed by atoms with Crippen molar-refractivity contribution in [2.75, 3.05) is 5.32 Å². The molecule has 0 amide bonds. The van der Waals surface area contributed by atoms with Crippen LogP contribution in [-0.2, 0) is 0 Å². The number of anilines is 1. The summed E-state index contributed by atoms with van der Waals surface area (Å²) >= 11 is 17.6. The quantitative estimate of drug-likeness (QED) is 0.737. The van der Waals surface area contributed by atoms with Crippen LogP contribution in [0.15, 0.2) is 42.5 Å². The summed E-state index contributed by atoms with van der Waals surface area (Å²) in [7, 11) is 0. The predicted octanol–water partition coefficient (Wildman–Crippen LogP) is 5.35. The molecule has 0 radical (unpaired) electrons. The maximum absolute atomic E-state index is 6.19. The molecule has 2 nitrogen and oxygen atoms in total. The van der Waals surface area contributed by atoms with Gasteiger partial charge in [-0.05, 0) is 55.4 Å². The van der Waals surface area contributed by atoms with Crippen molar-refractivity contribution in [2.24, 2.45) is 0 Å². The molecule has 2 aromatic carbocycles. The molecule has 0 aliphatic carbocycles. The standard InChI is InChI=1S/C16H16Cl2N2S/c1-10-13(17)8-5-9-15(10)20-16(21)19-11(2)12-6-3-4-7-14(12)18/h3-9,11H,1-2H3,(H2,19,20,21)/t11-/m1/s1. The summed E-state index contributed by atoms with van der Waals surface area (Å²) in [6.07, 6.45) is 0. The van der Waals surface area contributed by atoms with E-state index >= 15 is 0 Å². The van der Waals surface area contributed by atoms with Crippen LogP contribution in [0.4, 0.5) is 5.69 Å². The molecule has 0 heterocycles. The van der Waals surface area contributed by atoms with Crippen LogP contribution in [-0.4, -0.2) is 5.11 Å². The number of halogens is 2. The maximum Gasteiger partial charge on any atom is 0.171 e. The minimum Gasteiger partial charge on any atom is -0.356 e. The van der Waals surface area contributed by atoms with Crippen LogP contribution in [0.3, 0.4) is 0 Å². The van der Waals surface area contributed by atoms with E-state index in [1.165, 1.54) is 0 Å². The number of hydrogen-bond donors (Lipinski definition) is 2. The first kappa shape index (κ1) is 16.1. The molecule has 0 saturated heterocycles. The first-order valence-electron chi connectivity index (χ1n) is 6.56. The molecule has 21 heavy (non-hydrogen) atoms. The van der Waals surface area contributed by atoms with Crippen molar-refractivity contribution in [2.45, 2.75) is 19.9 Å². The van der Waals surface area contributed by atoms with Gasteiger partial charge in [-0.3, -0.25) is 0 Å². The molecule has 2 rings (SSSR count). The Morgan fingerprint density at radius 2 is 1.71 bits per heavy atom. The average molecular weight is 339 g/mol. The topological polar surface area (TPSA) is 24.1 Å². The number of nitrogens with one attached hydrogen (secondary N) is 2. The fraction of sp³-hybridized carbons (Fsp3) is 0.188. The summed E-state index contributed by atoms with van der Waals surface area (Å²) in [4.78, 5) is 0. The average Bonchev–Trinajstić information content (AvgIpc) is 2.44. The Morgan fingerprint density at radius 1 is 1.05 bits per heavy atom. The minimum atomic E-state index is 0.0122. The van der Waals surface area contributed by atoms with Crippen LogP contribution >= 0.6 is 35.4 Å². The molecule has 0 aliphatic rings. The van der Waals surface area contributed by atoms with Gasteiger partial charge in [-0.25, -0.2) is 0 Å². The van der Waals surface area contributed by atoms with Crippen molar-refractivity contribution in [3.05, 3.63) is 63.6 Å². The Bertz CT molecular complexity index is 658. The van der Waals surface area contributed by atoms with Gasteiger partial charge in [-0.1, -0.05) is 47.5 Å². The van der Waals surface area contributed by atoms with Crippen molar-refractivity contribution in [1.82, 2.24) is 5.32 Å². The van der Waals surface area contributed by atoms with Gasteiger partial charge in [0, 0.05) is 15.7 Å². The van der Waals surface area contributed by atoms with Gasteiger partial charge in [-0.15, -0.1) is 0 Å². The van der Waals surface area contributed by atoms with Crippen LogP contribution in [0.5, 0.6) is 0 Å². The van der Waals surface area contributed by atoms with Crippen molar-refractivity contribution >= 4 is 46.2 Å². The Hall–Kier alpha value is -1.29. The predicted molar refractivity (Wildman–Crippen MR) is 95.4 cm³/mol. The molecule has 0 aromatic heterocycles. The van der Waals surface area contributed by atoms with Crippen LogP contribution in [0, 0.1) is 6.92 Å². The second-order valence-corrected chi connectivity index (χ2v) is 5.98. The van der Waals surface area contributed by atoms with Gasteiger partial charge in [0.05, 0.1) is 6.04 Å². The Balaban J connectivity index is 2.05. The lowest BCUT2D eigenvalue weighted by Crippen LogP contribution is -2.31. The molecule has 110 valence electrons. The van der Waals surface area contributed by atoms with Crippen molar-refractivity contribution in [3.63, 3.8) is 0 Å². The van der Waals surface area contributed by atoms with Crippen molar-refractivity contribution < 1.29 is 0 Å². The van der Waals surface area contributed by atoms with E-state index in [2.05, 4.69) is 10.6 Å². The van der Waals surface area contributed by atoms with Gasteiger partial charge in [0.25, 0.3) is 0 Å². The fourth-order valence-electron chi connectivity index (χ4n) is 2.00. The van der Waals surface area contributed by atoms with E-state index in [0.29, 0.717) is 10.1 Å². The molecular weight excluding hydrogens is 323 g/mol. The largest absolute Gasteiger partial charge is 0.356 e. The van der Waals surface area contributed by atoms with Gasteiger partial charge < -0.3 is 10.6 Å². The maximum atomic E-state index is 6.19. The lowest BCUT2D eigenvalue weighted by molar-refractivity contribution is 0.723. The molecule has 0 fully saturated rings. The number of benzene rings is 2. The lowest BCUT2D eigenvalue weighted by atomic mass is 10.1. The first-order valence-corrected chi connectivity index (χ1v) is 7.72. The third-order valence-corrected chi connectivity index (χ3v) is 4.21. The zero-order valence-electron chi connectivity index (χ0n) is 11.8. The van der Waals surface area contributed by atoms with Gasteiger partial charge in [0.15, 0.2) is 5.11 Å². The molecule has 0 spiro atoms. The molecule has 0 bridgehead atoms. The number of hydrogen-bond acceptors (Lipinski definition) is 1. The number of rotatable bonds is 3. The van der Waals surface area contributed by atoms with Crippen LogP contribution in [0.25, 0.3) is 0 Å². The molecule has 5 heteroatoms. The summed E-state index contributed by atoms with van der Waals surface area (Å²) in [5, 5.41) is 8.36. The summed E-state index contributed by atoms with van der Waals surface area (Å²) < 4.78 is 0. The minimum absolute atomic E-state index is 0.0122. The van der Waals surface area contributed by atoms with E-state index in [1.54, 1.807) is 0 Å². The van der Waals surface area contributed by atoms with Crippen LogP contribution < -0.4 is 10.6 Å². The summed E-state index contributed by atoms with van der Waals surface area (Å²) in [6, 6.07) is 13.4. The molecule has 0 aliphatic heterocycles. The third kappa shape index (κ3) is 4.10. The highest BCUT2D eigenvalue weighted by molar-refractivity contribution is 7.80. The van der Waals surface area contributed by atoms with Gasteiger partial charge >= 0.3 is 0 Å². The molecule has 1 atom stereocenters. The molecule has 2 N–H and O–H groups in total. The normalized spacial score (nSPS) is 11.8. The zero-order chi connectivity index (χ0) is 15.4. The SMILES string of the molecule is Cc1c(Cl)cccc1NC(=S)N[C@H](C)c1ccccc1Cl. The third-order valence-electron chi connectivity index (χ3n) is 3.24. The van der Waals surface area contributed by atoms with E-state index in [4.69, 9.17) is 35.4 Å². The van der Waals surface area contributed by atoms with Crippen LogP contribution in [0.1, 0.15) is 24.1 Å². The Morgan fingerprint density at radius 3 is 2.43 bits per heavy atom. The Kier molecular flexibility index (Phi) is 5.45. The highest BCUT2D eigenvalue weighted by Gasteiger charge is 2.11. The second kappa shape index (κ2) is 7.12. The van der Waals surface area contributed by atoms with E-state index in [0.717, 1.165) is 21.8 Å². The fourth-order valence-corrected chi connectivity index (χ4v) is 2.76. The summed E-state index contributed by atoms with van der Waals surface area (Å²) in [5.41, 5.74) is 2.87. The summed E-state index contributed by atoms with van der Waals surface area (Å²) in [6.45, 7) is 3.96. The van der Waals surface area contributed by atoms with Gasteiger partial charge in [-0.2, -0.15) is 0 Å². The van der Waals surface area contributed by atoms with Gasteiger partial charge in [0.1, 0.15) is 0 Å². The summed E-state index contributed by atoms with van der Waals surface area (Å²) in [5.74, 6) is 0. The lowest BCUT2D eigenvalue weighted by Gasteiger charge is -2.19. The first-order chi connectivity index (χ1) is 9.99. The number of thiocarbonyl (C=S) groups is 1. The Labute approximate surface area is 140 Å². The molecule has 2 aromatic rings. The van der Waals surface area contributed by atoms with Crippen LogP contribution in [0.2, 0.25) is 10.0 Å².